The number of benzene rings is 1. The molecule has 1 N–H and O–H groups in total. The number of amidine groups is 1. The van der Waals surface area contributed by atoms with E-state index in [0.29, 0.717) is 23.9 Å². The van der Waals surface area contributed by atoms with Crippen molar-refractivity contribution in [2.45, 2.75) is 57.1 Å². The number of nitrogens with one attached hydrogen (secondary N) is 1. The first kappa shape index (κ1) is 23.7. The van der Waals surface area contributed by atoms with Crippen molar-refractivity contribution in [3.63, 3.8) is 0 Å². The van der Waals surface area contributed by atoms with Crippen molar-refractivity contribution in [2.24, 2.45) is 11.1 Å². The highest BCUT2D eigenvalue weighted by molar-refractivity contribution is 7.14. The van der Waals surface area contributed by atoms with Crippen LogP contribution in [0.5, 0.6) is 0 Å². The van der Waals surface area contributed by atoms with E-state index in [4.69, 9.17) is 28.0 Å². The smallest absolute Gasteiger partial charge is 0.372 e. The van der Waals surface area contributed by atoms with Crippen molar-refractivity contribution >= 4 is 46.3 Å². The summed E-state index contributed by atoms with van der Waals surface area (Å²) in [6.45, 7) is 2.61. The minimum atomic E-state index is -4.86. The van der Waals surface area contributed by atoms with Gasteiger partial charge in [0, 0.05) is 23.0 Å². The fourth-order valence-corrected chi connectivity index (χ4v) is 5.88. The lowest BCUT2D eigenvalue weighted by Gasteiger charge is -2.30. The van der Waals surface area contributed by atoms with Crippen LogP contribution < -0.4 is 5.32 Å². The van der Waals surface area contributed by atoms with E-state index in [1.54, 1.807) is 11.0 Å². The second-order valence-electron chi connectivity index (χ2n) is 8.87. The van der Waals surface area contributed by atoms with Crippen molar-refractivity contribution in [1.82, 2.24) is 10.2 Å². The van der Waals surface area contributed by atoms with E-state index in [1.807, 2.05) is 6.92 Å². The Hall–Kier alpha value is -2.04. The van der Waals surface area contributed by atoms with E-state index >= 15 is 0 Å². The monoisotopic (exact) mass is 535 g/mol. The Morgan fingerprint density at radius 3 is 2.53 bits per heavy atom. The van der Waals surface area contributed by atoms with Crippen LogP contribution in [0.15, 0.2) is 23.4 Å². The highest BCUT2D eigenvalue weighted by atomic mass is 35.5. The van der Waals surface area contributed by atoms with Crippen LogP contribution in [0.3, 0.4) is 0 Å². The molecule has 5 rings (SSSR count). The van der Waals surface area contributed by atoms with Crippen molar-refractivity contribution in [1.29, 1.82) is 0 Å². The van der Waals surface area contributed by atoms with Crippen LogP contribution in [0.2, 0.25) is 10.0 Å². The Morgan fingerprint density at radius 2 is 1.94 bits per heavy atom. The number of halogens is 6. The largest absolute Gasteiger partial charge is 0.435 e. The van der Waals surface area contributed by atoms with Gasteiger partial charge in [0.1, 0.15) is 5.84 Å². The molecule has 5 nitrogen and oxygen atoms in total. The van der Waals surface area contributed by atoms with Crippen LogP contribution in [-0.2, 0) is 23.5 Å². The molecular formula is C22H19Cl2F4N3O2S. The Morgan fingerprint density at radius 1 is 1.26 bits per heavy atom. The van der Waals surface area contributed by atoms with Gasteiger partial charge < -0.3 is 15.1 Å². The van der Waals surface area contributed by atoms with Crippen LogP contribution in [0, 0.1) is 11.7 Å². The molecule has 182 valence electrons. The zero-order valence-corrected chi connectivity index (χ0v) is 20.1. The van der Waals surface area contributed by atoms with Crippen LogP contribution in [-0.4, -0.2) is 28.9 Å². The van der Waals surface area contributed by atoms with E-state index in [1.165, 1.54) is 11.3 Å². The van der Waals surface area contributed by atoms with Crippen molar-refractivity contribution in [3.05, 3.63) is 54.9 Å². The minimum Gasteiger partial charge on any atom is -0.372 e. The van der Waals surface area contributed by atoms with E-state index in [0.717, 1.165) is 35.4 Å². The zero-order chi connectivity index (χ0) is 24.4. The van der Waals surface area contributed by atoms with Gasteiger partial charge in [-0.3, -0.25) is 4.79 Å². The summed E-state index contributed by atoms with van der Waals surface area (Å²) in [5.74, 6) is -0.496. The van der Waals surface area contributed by atoms with E-state index in [2.05, 4.69) is 10.5 Å². The Kier molecular flexibility index (Phi) is 5.76. The molecule has 0 saturated heterocycles. The van der Waals surface area contributed by atoms with Gasteiger partial charge in [0.2, 0.25) is 0 Å². The highest BCUT2D eigenvalue weighted by Crippen LogP contribution is 2.50. The SMILES string of the molecule is CC(NC(=O)c1cc2c(s1)CN(C1=NOC(c3cc(Cl)c(F)c(Cl)c3)(C(F)(F)F)C1)C2)C1CC1. The molecule has 1 amide bonds. The summed E-state index contributed by atoms with van der Waals surface area (Å²) in [6.07, 6.45) is -3.23. The fraction of sp³-hybridized carbons (Fsp3) is 0.455. The second-order valence-corrected chi connectivity index (χ2v) is 10.8. The number of carbonyl (C=O) groups is 1. The molecule has 12 heteroatoms. The molecule has 0 spiro atoms. The first-order valence-electron chi connectivity index (χ1n) is 10.6. The predicted octanol–water partition coefficient (Wildman–Crippen LogP) is 6.23. The van der Waals surface area contributed by atoms with E-state index < -0.39 is 39.6 Å². The molecule has 2 aromatic rings. The number of alkyl halides is 3. The number of oxime groups is 1. The Bertz CT molecular complexity index is 1150. The summed E-state index contributed by atoms with van der Waals surface area (Å²) in [7, 11) is 0. The van der Waals surface area contributed by atoms with E-state index in [-0.39, 0.29) is 17.8 Å². The molecule has 2 atom stereocenters. The fourth-order valence-electron chi connectivity index (χ4n) is 4.30. The first-order chi connectivity index (χ1) is 16.0. The first-order valence-corrected chi connectivity index (χ1v) is 12.2. The molecule has 2 unspecified atom stereocenters. The third-order valence-electron chi connectivity index (χ3n) is 6.49. The van der Waals surface area contributed by atoms with Crippen LogP contribution in [0.1, 0.15) is 51.9 Å². The summed E-state index contributed by atoms with van der Waals surface area (Å²) in [4.78, 5) is 20.7. The number of carbonyl (C=O) groups excluding carboxylic acids is 1. The topological polar surface area (TPSA) is 53.9 Å². The van der Waals surface area contributed by atoms with Crippen LogP contribution in [0.4, 0.5) is 17.6 Å². The van der Waals surface area contributed by atoms with Gasteiger partial charge in [-0.1, -0.05) is 28.4 Å². The van der Waals surface area contributed by atoms with Gasteiger partial charge in [0.15, 0.2) is 5.82 Å². The lowest BCUT2D eigenvalue weighted by molar-refractivity contribution is -0.275. The van der Waals surface area contributed by atoms with Crippen molar-refractivity contribution < 1.29 is 27.2 Å². The number of amides is 1. The molecule has 1 aromatic carbocycles. The molecule has 1 saturated carbocycles. The molecular weight excluding hydrogens is 517 g/mol. The zero-order valence-electron chi connectivity index (χ0n) is 17.8. The number of nitrogens with zero attached hydrogens (tertiary/aromatic N) is 2. The highest BCUT2D eigenvalue weighted by Gasteiger charge is 2.63. The summed E-state index contributed by atoms with van der Waals surface area (Å²) in [6, 6.07) is 3.63. The molecule has 1 aromatic heterocycles. The maximum atomic E-state index is 14.2. The number of thiophene rings is 1. The van der Waals surface area contributed by atoms with Gasteiger partial charge in [-0.05, 0) is 49.4 Å². The number of hydrogen-bond donors (Lipinski definition) is 1. The quantitative estimate of drug-likeness (QED) is 0.373. The average molecular weight is 536 g/mol. The van der Waals surface area contributed by atoms with Gasteiger partial charge in [0.05, 0.1) is 27.9 Å². The van der Waals surface area contributed by atoms with Crippen LogP contribution >= 0.6 is 34.5 Å². The Labute approximate surface area is 206 Å². The van der Waals surface area contributed by atoms with Crippen LogP contribution in [0.25, 0.3) is 0 Å². The van der Waals surface area contributed by atoms with Gasteiger partial charge in [-0.2, -0.15) is 13.2 Å². The average Bonchev–Trinajstić information content (AvgIpc) is 3.19. The van der Waals surface area contributed by atoms with Gasteiger partial charge in [-0.25, -0.2) is 4.39 Å². The van der Waals surface area contributed by atoms with Gasteiger partial charge in [0.25, 0.3) is 11.5 Å². The Balaban J connectivity index is 1.32. The summed E-state index contributed by atoms with van der Waals surface area (Å²) < 4.78 is 56.4. The van der Waals surface area contributed by atoms with E-state index in [9.17, 15) is 22.4 Å². The maximum absolute atomic E-state index is 14.2. The molecule has 3 aliphatic rings. The lowest BCUT2D eigenvalue weighted by Crippen LogP contribution is -2.44. The predicted molar refractivity (Wildman–Crippen MR) is 121 cm³/mol. The van der Waals surface area contributed by atoms with Crippen molar-refractivity contribution in [3.8, 4) is 0 Å². The molecule has 2 aliphatic heterocycles. The molecule has 0 radical (unpaired) electrons. The lowest BCUT2D eigenvalue weighted by atomic mass is 9.89. The van der Waals surface area contributed by atoms with Gasteiger partial charge in [-0.15, -0.1) is 11.3 Å². The number of rotatable bonds is 4. The molecule has 0 bridgehead atoms. The summed E-state index contributed by atoms with van der Waals surface area (Å²) in [5, 5.41) is 5.69. The third-order valence-corrected chi connectivity index (χ3v) is 8.20. The molecule has 1 aliphatic carbocycles. The molecule has 3 heterocycles. The summed E-state index contributed by atoms with van der Waals surface area (Å²) >= 11 is 12.8. The number of hydrogen-bond acceptors (Lipinski definition) is 5. The minimum absolute atomic E-state index is 0.102. The van der Waals surface area contributed by atoms with Crippen molar-refractivity contribution in [2.75, 3.05) is 0 Å². The number of fused-ring (bicyclic) bond motifs is 1. The second kappa shape index (κ2) is 8.27. The third kappa shape index (κ3) is 4.03. The molecule has 1 fully saturated rings. The normalized spacial score (nSPS) is 22.9. The van der Waals surface area contributed by atoms with Gasteiger partial charge >= 0.3 is 6.18 Å². The standard InChI is InChI=1S/C22H19Cl2F4N3O2S/c1-10(11-2-3-11)29-20(32)16-4-12-8-31(9-17(12)34-16)18-7-21(33-30-18,22(26,27)28)13-5-14(23)19(25)15(24)6-13/h4-6,10-11H,2-3,7-9H2,1H3,(H,29,32). The summed E-state index contributed by atoms with van der Waals surface area (Å²) in [5.41, 5.74) is -2.38. The maximum Gasteiger partial charge on any atom is 0.435 e. The molecule has 34 heavy (non-hydrogen) atoms.